The number of hydrogen-bond donors (Lipinski definition) is 1. The fourth-order valence-corrected chi connectivity index (χ4v) is 3.02. The Labute approximate surface area is 80.4 Å². The lowest BCUT2D eigenvalue weighted by Gasteiger charge is -2.01. The molecule has 1 heterocycles. The van der Waals surface area contributed by atoms with Gasteiger partial charge in [-0.1, -0.05) is 12.1 Å². The van der Waals surface area contributed by atoms with Crippen molar-refractivity contribution in [2.24, 2.45) is 0 Å². The van der Waals surface area contributed by atoms with Gasteiger partial charge in [0.05, 0.1) is 6.61 Å². The zero-order chi connectivity index (χ0) is 10.3. The Morgan fingerprint density at radius 1 is 1.36 bits per heavy atom. The van der Waals surface area contributed by atoms with Crippen LogP contribution >= 0.6 is 0 Å². The van der Waals surface area contributed by atoms with Gasteiger partial charge in [-0.3, -0.25) is 0 Å². The molecule has 0 saturated carbocycles. The predicted molar refractivity (Wildman–Crippen MR) is 48.6 cm³/mol. The summed E-state index contributed by atoms with van der Waals surface area (Å²) in [6, 6.07) is 3.98. The van der Waals surface area contributed by atoms with Crippen molar-refractivity contribution in [1.29, 1.82) is 0 Å². The van der Waals surface area contributed by atoms with E-state index < -0.39 is 22.3 Å². The van der Waals surface area contributed by atoms with Crippen molar-refractivity contribution in [3.63, 3.8) is 0 Å². The van der Waals surface area contributed by atoms with Crippen LogP contribution in [0.4, 0.5) is 4.39 Å². The fraction of sp³-hybridized carbons (Fsp3) is 0.111. The first-order valence-electron chi connectivity index (χ1n) is 3.91. The molecule has 1 aliphatic heterocycles. The summed E-state index contributed by atoms with van der Waals surface area (Å²) in [6.07, 6.45) is 0. The first kappa shape index (κ1) is 9.36. The maximum Gasteiger partial charge on any atom is 0.203 e. The van der Waals surface area contributed by atoms with E-state index >= 15 is 0 Å². The van der Waals surface area contributed by atoms with Gasteiger partial charge < -0.3 is 5.11 Å². The van der Waals surface area contributed by atoms with Crippen molar-refractivity contribution in [1.82, 2.24) is 0 Å². The number of aliphatic hydroxyl groups excluding tert-OH is 1. The number of aliphatic hydroxyl groups is 1. The van der Waals surface area contributed by atoms with E-state index in [1.165, 1.54) is 12.1 Å². The normalized spacial score (nSPS) is 17.7. The third kappa shape index (κ3) is 1.17. The van der Waals surface area contributed by atoms with Crippen LogP contribution in [0, 0.1) is 5.82 Å². The summed E-state index contributed by atoms with van der Waals surface area (Å²) in [6.45, 7) is -0.407. The lowest BCUT2D eigenvalue weighted by atomic mass is 10.1. The molecule has 1 aromatic carbocycles. The summed E-state index contributed by atoms with van der Waals surface area (Å²) in [4.78, 5) is -0.330. The standard InChI is InChI=1S/C9H7FO3S/c10-8-3-1-2-7-6(4-11)5-14(12,13)9(7)8/h1-3,5,11H,4H2. The van der Waals surface area contributed by atoms with Gasteiger partial charge in [-0.25, -0.2) is 12.8 Å². The van der Waals surface area contributed by atoms with E-state index in [-0.39, 0.29) is 16.0 Å². The van der Waals surface area contributed by atoms with Crippen LogP contribution < -0.4 is 0 Å². The minimum absolute atomic E-state index is 0.236. The molecule has 0 bridgehead atoms. The Morgan fingerprint density at radius 2 is 2.07 bits per heavy atom. The van der Waals surface area contributed by atoms with Crippen LogP contribution in [0.1, 0.15) is 5.56 Å². The minimum atomic E-state index is -3.69. The van der Waals surface area contributed by atoms with Crippen LogP contribution in [0.25, 0.3) is 5.57 Å². The summed E-state index contributed by atoms with van der Waals surface area (Å²) < 4.78 is 36.0. The number of hydrogen-bond acceptors (Lipinski definition) is 3. The van der Waals surface area contributed by atoms with Gasteiger partial charge in [0.15, 0.2) is 0 Å². The smallest absolute Gasteiger partial charge is 0.203 e. The molecule has 2 rings (SSSR count). The average Bonchev–Trinajstić information content (AvgIpc) is 2.39. The second-order valence-corrected chi connectivity index (χ2v) is 4.70. The van der Waals surface area contributed by atoms with Gasteiger partial charge in [-0.05, 0) is 11.6 Å². The molecule has 74 valence electrons. The molecule has 0 aromatic heterocycles. The highest BCUT2D eigenvalue weighted by Gasteiger charge is 2.29. The minimum Gasteiger partial charge on any atom is -0.392 e. The van der Waals surface area contributed by atoms with Crippen molar-refractivity contribution in [2.45, 2.75) is 4.90 Å². The van der Waals surface area contributed by atoms with E-state index in [0.717, 1.165) is 11.5 Å². The molecule has 0 spiro atoms. The summed E-state index contributed by atoms with van der Waals surface area (Å²) in [5, 5.41) is 9.78. The maximum absolute atomic E-state index is 13.2. The van der Waals surface area contributed by atoms with Gasteiger partial charge in [0.2, 0.25) is 9.84 Å². The van der Waals surface area contributed by atoms with Gasteiger partial charge in [-0.15, -0.1) is 0 Å². The van der Waals surface area contributed by atoms with E-state index in [0.29, 0.717) is 0 Å². The second-order valence-electron chi connectivity index (χ2n) is 2.96. The van der Waals surface area contributed by atoms with Gasteiger partial charge in [-0.2, -0.15) is 0 Å². The maximum atomic E-state index is 13.2. The number of rotatable bonds is 1. The molecular weight excluding hydrogens is 207 g/mol. The van der Waals surface area contributed by atoms with Crippen LogP contribution in [0.5, 0.6) is 0 Å². The highest BCUT2D eigenvalue weighted by atomic mass is 32.2. The molecule has 0 atom stereocenters. The first-order valence-corrected chi connectivity index (χ1v) is 5.46. The highest BCUT2D eigenvalue weighted by Crippen LogP contribution is 2.34. The Kier molecular flexibility index (Phi) is 1.94. The molecule has 0 aliphatic carbocycles. The summed E-state index contributed by atoms with van der Waals surface area (Å²) in [5.74, 6) is -0.776. The van der Waals surface area contributed by atoms with Crippen molar-refractivity contribution in [3.8, 4) is 0 Å². The van der Waals surface area contributed by atoms with E-state index in [1.807, 2.05) is 0 Å². The van der Waals surface area contributed by atoms with Crippen LogP contribution in [0.2, 0.25) is 0 Å². The summed E-state index contributed by atoms with van der Waals surface area (Å²) in [5.41, 5.74) is 0.493. The molecule has 0 fully saturated rings. The largest absolute Gasteiger partial charge is 0.392 e. The van der Waals surface area contributed by atoms with Crippen LogP contribution in [0.3, 0.4) is 0 Å². The third-order valence-corrected chi connectivity index (χ3v) is 3.64. The molecule has 1 aromatic rings. The first-order chi connectivity index (χ1) is 6.56. The van der Waals surface area contributed by atoms with Crippen LogP contribution in [-0.2, 0) is 9.84 Å². The Bertz CT molecular complexity index is 517. The van der Waals surface area contributed by atoms with Crippen molar-refractivity contribution in [2.75, 3.05) is 6.61 Å². The molecule has 0 saturated heterocycles. The molecule has 3 nitrogen and oxygen atoms in total. The zero-order valence-electron chi connectivity index (χ0n) is 7.07. The molecule has 0 unspecified atom stereocenters. The van der Waals surface area contributed by atoms with E-state index in [9.17, 15) is 12.8 Å². The molecule has 0 amide bonds. The highest BCUT2D eigenvalue weighted by molar-refractivity contribution is 7.95. The molecule has 1 N–H and O–H groups in total. The summed E-state index contributed by atoms with van der Waals surface area (Å²) in [7, 11) is -3.69. The predicted octanol–water partition coefficient (Wildman–Crippen LogP) is 0.946. The van der Waals surface area contributed by atoms with E-state index in [1.54, 1.807) is 0 Å². The quantitative estimate of drug-likeness (QED) is 0.757. The molecule has 14 heavy (non-hydrogen) atoms. The average molecular weight is 214 g/mol. The van der Waals surface area contributed by atoms with E-state index in [2.05, 4.69) is 0 Å². The van der Waals surface area contributed by atoms with Crippen LogP contribution in [-0.4, -0.2) is 20.1 Å². The van der Waals surface area contributed by atoms with Crippen LogP contribution in [0.15, 0.2) is 28.5 Å². The van der Waals surface area contributed by atoms with Crippen molar-refractivity contribution < 1.29 is 17.9 Å². The number of halogens is 1. The topological polar surface area (TPSA) is 54.4 Å². The summed E-state index contributed by atoms with van der Waals surface area (Å²) >= 11 is 0. The number of benzene rings is 1. The van der Waals surface area contributed by atoms with Gasteiger partial charge in [0, 0.05) is 11.0 Å². The SMILES string of the molecule is O=S1(=O)C=C(CO)c2cccc(F)c21. The van der Waals surface area contributed by atoms with Gasteiger partial charge >= 0.3 is 0 Å². The Hall–Kier alpha value is -1.20. The Morgan fingerprint density at radius 3 is 2.71 bits per heavy atom. The van der Waals surface area contributed by atoms with Gasteiger partial charge in [0.25, 0.3) is 0 Å². The molecule has 1 aliphatic rings. The Balaban J connectivity index is 2.82. The number of fused-ring (bicyclic) bond motifs is 1. The second kappa shape index (κ2) is 2.90. The molecule has 5 heteroatoms. The molecule has 0 radical (unpaired) electrons. The lowest BCUT2D eigenvalue weighted by Crippen LogP contribution is -1.97. The van der Waals surface area contributed by atoms with E-state index in [4.69, 9.17) is 5.11 Å². The third-order valence-electron chi connectivity index (χ3n) is 2.07. The molecular formula is C9H7FO3S. The zero-order valence-corrected chi connectivity index (χ0v) is 7.88. The fourth-order valence-electron chi connectivity index (χ4n) is 1.48. The number of sulfone groups is 1. The van der Waals surface area contributed by atoms with Gasteiger partial charge in [0.1, 0.15) is 10.7 Å². The van der Waals surface area contributed by atoms with Crippen molar-refractivity contribution in [3.05, 3.63) is 35.0 Å². The lowest BCUT2D eigenvalue weighted by molar-refractivity contribution is 0.350. The van der Waals surface area contributed by atoms with Crippen molar-refractivity contribution >= 4 is 15.4 Å². The monoisotopic (exact) mass is 214 g/mol.